The van der Waals surface area contributed by atoms with Crippen LogP contribution in [0.15, 0.2) is 30.5 Å². The number of nitrogens with two attached hydrogens (primary N) is 1. The summed E-state index contributed by atoms with van der Waals surface area (Å²) in [6.45, 7) is 0.549. The molecule has 3 aromatic rings. The summed E-state index contributed by atoms with van der Waals surface area (Å²) in [5.74, 6) is 0.908. The third kappa shape index (κ3) is 4.88. The van der Waals surface area contributed by atoms with Crippen molar-refractivity contribution in [3.05, 3.63) is 36.0 Å². The van der Waals surface area contributed by atoms with Crippen molar-refractivity contribution in [2.75, 3.05) is 42.3 Å². The highest BCUT2D eigenvalue weighted by atomic mass is 32.2. The zero-order valence-electron chi connectivity index (χ0n) is 16.5. The molecule has 13 heteroatoms. The summed E-state index contributed by atoms with van der Waals surface area (Å²) in [5, 5.41) is 2.92. The second-order valence-electron chi connectivity index (χ2n) is 6.65. The van der Waals surface area contributed by atoms with Gasteiger partial charge in [-0.05, 0) is 24.3 Å². The van der Waals surface area contributed by atoms with Gasteiger partial charge in [0.05, 0.1) is 22.6 Å². The van der Waals surface area contributed by atoms with Gasteiger partial charge >= 0.3 is 6.01 Å². The fraction of sp³-hybridized carbons (Fsp3) is 0.278. The Morgan fingerprint density at radius 3 is 2.48 bits per heavy atom. The summed E-state index contributed by atoms with van der Waals surface area (Å²) >= 11 is 1.22. The summed E-state index contributed by atoms with van der Waals surface area (Å²) in [7, 11) is -1.50. The number of amides is 1. The Bertz CT molecular complexity index is 1200. The summed E-state index contributed by atoms with van der Waals surface area (Å²) in [5.41, 5.74) is 6.22. The number of anilines is 2. The maximum absolute atomic E-state index is 11.8. The molecule has 1 aliphatic rings. The SMILES string of the molecule is CNC(=O)c1ccc(Oc2nc(-c3cnc(N)s3)nc(N3CCS(=O)(=O)CC3)n2)cc1. The Balaban J connectivity index is 1.65. The number of thiazole rings is 1. The smallest absolute Gasteiger partial charge is 0.327 e. The third-order valence-corrected chi connectivity index (χ3v) is 6.96. The molecule has 1 aromatic carbocycles. The van der Waals surface area contributed by atoms with E-state index in [1.54, 1.807) is 42.4 Å². The minimum absolute atomic E-state index is 0.0265. The molecule has 1 amide bonds. The summed E-state index contributed by atoms with van der Waals surface area (Å²) < 4.78 is 29.3. The van der Waals surface area contributed by atoms with Crippen molar-refractivity contribution in [3.63, 3.8) is 0 Å². The molecule has 0 atom stereocenters. The molecular formula is C18H19N7O4S2. The Kier molecular flexibility index (Phi) is 5.69. The molecule has 1 aliphatic heterocycles. The molecule has 3 N–H and O–H groups in total. The number of carbonyl (C=O) groups excluding carboxylic acids is 1. The molecule has 162 valence electrons. The number of hydrogen-bond acceptors (Lipinski definition) is 11. The number of sulfone groups is 1. The van der Waals surface area contributed by atoms with Crippen LogP contribution in [0.3, 0.4) is 0 Å². The molecule has 0 aliphatic carbocycles. The molecule has 1 fully saturated rings. The van der Waals surface area contributed by atoms with Crippen molar-refractivity contribution >= 4 is 38.2 Å². The van der Waals surface area contributed by atoms with Crippen molar-refractivity contribution in [1.82, 2.24) is 25.3 Å². The molecule has 0 bridgehead atoms. The Hall–Kier alpha value is -3.32. The van der Waals surface area contributed by atoms with Crippen LogP contribution in [0.5, 0.6) is 11.8 Å². The fourth-order valence-electron chi connectivity index (χ4n) is 2.87. The fourth-order valence-corrected chi connectivity index (χ4v) is 4.69. The Morgan fingerprint density at radius 2 is 1.87 bits per heavy atom. The molecule has 1 saturated heterocycles. The number of carbonyl (C=O) groups is 1. The number of hydrogen-bond donors (Lipinski definition) is 2. The molecule has 0 unspecified atom stereocenters. The molecule has 0 spiro atoms. The van der Waals surface area contributed by atoms with Crippen molar-refractivity contribution in [3.8, 4) is 22.5 Å². The van der Waals surface area contributed by atoms with Crippen LogP contribution >= 0.6 is 11.3 Å². The molecule has 11 nitrogen and oxygen atoms in total. The van der Waals surface area contributed by atoms with E-state index in [1.807, 2.05) is 0 Å². The zero-order chi connectivity index (χ0) is 22.0. The predicted octanol–water partition coefficient (Wildman–Crippen LogP) is 0.964. The van der Waals surface area contributed by atoms with Crippen molar-refractivity contribution in [1.29, 1.82) is 0 Å². The number of nitrogens with zero attached hydrogens (tertiary/aromatic N) is 5. The van der Waals surface area contributed by atoms with E-state index in [0.717, 1.165) is 0 Å². The minimum atomic E-state index is -3.06. The second-order valence-corrected chi connectivity index (χ2v) is 10.0. The van der Waals surface area contributed by atoms with Crippen LogP contribution in [0.2, 0.25) is 0 Å². The van der Waals surface area contributed by atoms with Gasteiger partial charge < -0.3 is 20.7 Å². The lowest BCUT2D eigenvalue weighted by molar-refractivity contribution is 0.0963. The van der Waals surface area contributed by atoms with E-state index in [0.29, 0.717) is 33.1 Å². The standard InChI is InChI=1S/C18H19N7O4S2/c1-20-15(26)11-2-4-12(5-3-11)29-18-23-14(13-10-21-16(19)30-13)22-17(24-18)25-6-8-31(27,28)9-7-25/h2-5,10H,6-9H2,1H3,(H2,19,21)(H,20,26). The molecule has 0 radical (unpaired) electrons. The van der Waals surface area contributed by atoms with E-state index in [2.05, 4.69) is 25.3 Å². The van der Waals surface area contributed by atoms with Crippen molar-refractivity contribution < 1.29 is 17.9 Å². The lowest BCUT2D eigenvalue weighted by Crippen LogP contribution is -2.41. The summed E-state index contributed by atoms with van der Waals surface area (Å²) in [4.78, 5) is 31.3. The van der Waals surface area contributed by atoms with E-state index in [1.165, 1.54) is 11.3 Å². The Morgan fingerprint density at radius 1 is 1.16 bits per heavy atom. The van der Waals surface area contributed by atoms with Crippen molar-refractivity contribution in [2.24, 2.45) is 0 Å². The number of benzene rings is 1. The second kappa shape index (κ2) is 8.43. The molecule has 2 aromatic heterocycles. The average Bonchev–Trinajstić information content (AvgIpc) is 3.20. The van der Waals surface area contributed by atoms with Crippen LogP contribution in [0, 0.1) is 0 Å². The van der Waals surface area contributed by atoms with E-state index >= 15 is 0 Å². The van der Waals surface area contributed by atoms with Crippen molar-refractivity contribution in [2.45, 2.75) is 0 Å². The number of aromatic nitrogens is 4. The third-order valence-electron chi connectivity index (χ3n) is 4.53. The van der Waals surface area contributed by atoms with Gasteiger partial charge in [-0.2, -0.15) is 15.0 Å². The van der Waals surface area contributed by atoms with Gasteiger partial charge in [0.15, 0.2) is 20.8 Å². The van der Waals surface area contributed by atoms with Crippen LogP contribution in [0.1, 0.15) is 10.4 Å². The largest absolute Gasteiger partial charge is 0.424 e. The summed E-state index contributed by atoms with van der Waals surface area (Å²) in [6.07, 6.45) is 1.56. The van der Waals surface area contributed by atoms with Gasteiger partial charge in [0.2, 0.25) is 5.95 Å². The number of ether oxygens (including phenoxy) is 1. The predicted molar refractivity (Wildman–Crippen MR) is 116 cm³/mol. The molecule has 3 heterocycles. The first kappa shape index (κ1) is 20.9. The zero-order valence-corrected chi connectivity index (χ0v) is 18.1. The van der Waals surface area contributed by atoms with Gasteiger partial charge in [0, 0.05) is 25.7 Å². The molecule has 0 saturated carbocycles. The minimum Gasteiger partial charge on any atom is -0.424 e. The first-order chi connectivity index (χ1) is 14.8. The normalized spacial score (nSPS) is 15.5. The molecule has 31 heavy (non-hydrogen) atoms. The lowest BCUT2D eigenvalue weighted by Gasteiger charge is -2.26. The monoisotopic (exact) mass is 461 g/mol. The Labute approximate surface area is 182 Å². The number of nitrogen functional groups attached to an aromatic ring is 1. The van der Waals surface area contributed by atoms with Gasteiger partial charge in [-0.3, -0.25) is 4.79 Å². The first-order valence-electron chi connectivity index (χ1n) is 9.26. The quantitative estimate of drug-likeness (QED) is 0.561. The number of rotatable bonds is 5. The van der Waals surface area contributed by atoms with Crippen LogP contribution in [-0.4, -0.2) is 65.9 Å². The topological polar surface area (TPSA) is 153 Å². The van der Waals surface area contributed by atoms with Crippen LogP contribution in [-0.2, 0) is 9.84 Å². The molecule has 4 rings (SSSR count). The highest BCUT2D eigenvalue weighted by Crippen LogP contribution is 2.29. The molecular weight excluding hydrogens is 442 g/mol. The maximum atomic E-state index is 11.8. The van der Waals surface area contributed by atoms with Gasteiger partial charge in [-0.1, -0.05) is 11.3 Å². The maximum Gasteiger partial charge on any atom is 0.327 e. The van der Waals surface area contributed by atoms with Crippen LogP contribution in [0.25, 0.3) is 10.7 Å². The number of nitrogens with one attached hydrogen (secondary N) is 1. The van der Waals surface area contributed by atoms with Gasteiger partial charge in [-0.15, -0.1) is 0 Å². The lowest BCUT2D eigenvalue weighted by atomic mass is 10.2. The van der Waals surface area contributed by atoms with Gasteiger partial charge in [0.25, 0.3) is 5.91 Å². The highest BCUT2D eigenvalue weighted by molar-refractivity contribution is 7.91. The van der Waals surface area contributed by atoms with Gasteiger partial charge in [-0.25, -0.2) is 13.4 Å². The van der Waals surface area contributed by atoms with Crippen LogP contribution in [0.4, 0.5) is 11.1 Å². The summed E-state index contributed by atoms with van der Waals surface area (Å²) in [6, 6.07) is 6.54. The first-order valence-corrected chi connectivity index (χ1v) is 11.9. The van der Waals surface area contributed by atoms with E-state index in [4.69, 9.17) is 10.5 Å². The van der Waals surface area contributed by atoms with Gasteiger partial charge in [0.1, 0.15) is 5.75 Å². The average molecular weight is 462 g/mol. The van der Waals surface area contributed by atoms with E-state index in [9.17, 15) is 13.2 Å². The van der Waals surface area contributed by atoms with E-state index in [-0.39, 0.29) is 36.5 Å². The highest BCUT2D eigenvalue weighted by Gasteiger charge is 2.25. The van der Waals surface area contributed by atoms with Crippen LogP contribution < -0.4 is 20.7 Å². The van der Waals surface area contributed by atoms with E-state index < -0.39 is 9.84 Å².